The lowest BCUT2D eigenvalue weighted by Gasteiger charge is -2.21. The number of hydrogen-bond donors (Lipinski definition) is 1. The lowest BCUT2D eigenvalue weighted by Crippen LogP contribution is -2.37. The Labute approximate surface area is 143 Å². The smallest absolute Gasteiger partial charge is 0.244 e. The largest absolute Gasteiger partial charge is 0.324 e. The number of carbonyl (C=O) groups is 2. The van der Waals surface area contributed by atoms with Gasteiger partial charge in [0.15, 0.2) is 0 Å². The first-order valence-electron chi connectivity index (χ1n) is 7.07. The third-order valence-corrected chi connectivity index (χ3v) is 3.75. The Balaban J connectivity index is 2.16. The number of halogens is 3. The fourth-order valence-electron chi connectivity index (χ4n) is 2.08. The van der Waals surface area contributed by atoms with Crippen LogP contribution in [0.5, 0.6) is 0 Å². The van der Waals surface area contributed by atoms with Crippen LogP contribution in [0.4, 0.5) is 20.2 Å². The van der Waals surface area contributed by atoms with Crippen molar-refractivity contribution in [2.24, 2.45) is 0 Å². The number of nitrogens with zero attached hydrogens (tertiary/aromatic N) is 1. The van der Waals surface area contributed by atoms with Gasteiger partial charge < -0.3 is 10.2 Å². The molecule has 0 fully saturated rings. The van der Waals surface area contributed by atoms with E-state index in [1.807, 2.05) is 6.92 Å². The average Bonchev–Trinajstić information content (AvgIpc) is 2.49. The zero-order valence-electron chi connectivity index (χ0n) is 13.1. The van der Waals surface area contributed by atoms with Gasteiger partial charge in [-0.25, -0.2) is 8.78 Å². The van der Waals surface area contributed by atoms with E-state index in [2.05, 4.69) is 5.32 Å². The van der Waals surface area contributed by atoms with Crippen LogP contribution in [-0.4, -0.2) is 18.4 Å². The monoisotopic (exact) mass is 352 g/mol. The zero-order chi connectivity index (χ0) is 17.9. The number of nitrogens with one attached hydrogen (secondary N) is 1. The zero-order valence-corrected chi connectivity index (χ0v) is 13.8. The van der Waals surface area contributed by atoms with Crippen LogP contribution in [-0.2, 0) is 9.59 Å². The summed E-state index contributed by atoms with van der Waals surface area (Å²) in [6.07, 6.45) is 0. The highest BCUT2D eigenvalue weighted by atomic mass is 35.5. The number of amides is 2. The van der Waals surface area contributed by atoms with E-state index < -0.39 is 30.0 Å². The summed E-state index contributed by atoms with van der Waals surface area (Å²) < 4.78 is 26.8. The molecule has 2 aromatic carbocycles. The van der Waals surface area contributed by atoms with Gasteiger partial charge in [0, 0.05) is 23.7 Å². The molecule has 2 amide bonds. The summed E-state index contributed by atoms with van der Waals surface area (Å²) in [5, 5.41) is 3.07. The molecule has 24 heavy (non-hydrogen) atoms. The molecule has 0 aliphatic carbocycles. The van der Waals surface area contributed by atoms with Crippen molar-refractivity contribution < 1.29 is 18.4 Å². The molecule has 4 nitrogen and oxygen atoms in total. The van der Waals surface area contributed by atoms with Gasteiger partial charge in [0.2, 0.25) is 11.8 Å². The molecule has 7 heteroatoms. The number of aryl methyl sites for hydroxylation is 1. The molecule has 2 aromatic rings. The summed E-state index contributed by atoms with van der Waals surface area (Å²) in [5.41, 5.74) is 1.15. The Morgan fingerprint density at radius 3 is 2.46 bits per heavy atom. The standard InChI is InChI=1S/C17H15ClF2N2O2/c1-10-3-5-13(8-14(10)18)21-17(24)9-22(11(2)23)16-6-4-12(19)7-15(16)20/h3-8H,9H2,1-2H3,(H,21,24). The van der Waals surface area contributed by atoms with Crippen molar-refractivity contribution in [3.8, 4) is 0 Å². The summed E-state index contributed by atoms with van der Waals surface area (Å²) in [6, 6.07) is 7.76. The van der Waals surface area contributed by atoms with Gasteiger partial charge in [-0.1, -0.05) is 17.7 Å². The number of rotatable bonds is 4. The van der Waals surface area contributed by atoms with Gasteiger partial charge in [-0.2, -0.15) is 0 Å². The maximum Gasteiger partial charge on any atom is 0.244 e. The van der Waals surface area contributed by atoms with Crippen molar-refractivity contribution in [3.05, 3.63) is 58.6 Å². The minimum atomic E-state index is -0.920. The summed E-state index contributed by atoms with van der Waals surface area (Å²) in [6.45, 7) is 2.60. The minimum absolute atomic E-state index is 0.166. The van der Waals surface area contributed by atoms with Crippen molar-refractivity contribution in [1.82, 2.24) is 0 Å². The SMILES string of the molecule is CC(=O)N(CC(=O)Nc1ccc(C)c(Cl)c1)c1ccc(F)cc1F. The van der Waals surface area contributed by atoms with E-state index >= 15 is 0 Å². The number of benzene rings is 2. The van der Waals surface area contributed by atoms with E-state index in [1.54, 1.807) is 18.2 Å². The van der Waals surface area contributed by atoms with Crippen LogP contribution in [0.25, 0.3) is 0 Å². The topological polar surface area (TPSA) is 49.4 Å². The summed E-state index contributed by atoms with van der Waals surface area (Å²) in [5.74, 6) is -2.76. The lowest BCUT2D eigenvalue weighted by molar-refractivity contribution is -0.120. The van der Waals surface area contributed by atoms with E-state index in [-0.39, 0.29) is 5.69 Å². The van der Waals surface area contributed by atoms with Crippen LogP contribution in [0.1, 0.15) is 12.5 Å². The van der Waals surface area contributed by atoms with E-state index in [9.17, 15) is 18.4 Å². The molecular weight excluding hydrogens is 338 g/mol. The first-order valence-corrected chi connectivity index (χ1v) is 7.45. The van der Waals surface area contributed by atoms with Crippen molar-refractivity contribution >= 4 is 34.8 Å². The molecule has 0 atom stereocenters. The van der Waals surface area contributed by atoms with Gasteiger partial charge in [0.1, 0.15) is 18.2 Å². The van der Waals surface area contributed by atoms with Gasteiger partial charge >= 0.3 is 0 Å². The highest BCUT2D eigenvalue weighted by molar-refractivity contribution is 6.31. The number of carbonyl (C=O) groups excluding carboxylic acids is 2. The first-order chi connectivity index (χ1) is 11.3. The highest BCUT2D eigenvalue weighted by Gasteiger charge is 2.19. The molecule has 0 saturated carbocycles. The maximum absolute atomic E-state index is 13.9. The predicted octanol–water partition coefficient (Wildman–Crippen LogP) is 3.92. The van der Waals surface area contributed by atoms with E-state index in [0.717, 1.165) is 22.6 Å². The molecule has 0 aromatic heterocycles. The van der Waals surface area contributed by atoms with Crippen molar-refractivity contribution in [1.29, 1.82) is 0 Å². The second-order valence-corrected chi connectivity index (χ2v) is 5.62. The molecule has 0 heterocycles. The summed E-state index contributed by atoms with van der Waals surface area (Å²) in [4.78, 5) is 24.8. The van der Waals surface area contributed by atoms with Crippen molar-refractivity contribution in [2.75, 3.05) is 16.8 Å². The van der Waals surface area contributed by atoms with Gasteiger partial charge in [-0.3, -0.25) is 9.59 Å². The minimum Gasteiger partial charge on any atom is -0.324 e. The van der Waals surface area contributed by atoms with Crippen molar-refractivity contribution in [2.45, 2.75) is 13.8 Å². The Bertz CT molecular complexity index is 796. The van der Waals surface area contributed by atoms with Crippen LogP contribution in [0.15, 0.2) is 36.4 Å². The van der Waals surface area contributed by atoms with Gasteiger partial charge in [-0.05, 0) is 36.8 Å². The van der Waals surface area contributed by atoms with Gasteiger partial charge in [0.05, 0.1) is 5.69 Å². The molecule has 0 radical (unpaired) electrons. The van der Waals surface area contributed by atoms with E-state index in [1.165, 1.54) is 6.92 Å². The third kappa shape index (κ3) is 4.29. The lowest BCUT2D eigenvalue weighted by atomic mass is 10.2. The molecule has 0 bridgehead atoms. The normalized spacial score (nSPS) is 10.4. The fourth-order valence-corrected chi connectivity index (χ4v) is 2.26. The Morgan fingerprint density at radius 1 is 1.17 bits per heavy atom. The maximum atomic E-state index is 13.9. The highest BCUT2D eigenvalue weighted by Crippen LogP contribution is 2.22. The Hall–Kier alpha value is -2.47. The molecule has 0 unspecified atom stereocenters. The van der Waals surface area contributed by atoms with Crippen LogP contribution < -0.4 is 10.2 Å². The molecule has 126 valence electrons. The van der Waals surface area contributed by atoms with E-state index in [0.29, 0.717) is 16.8 Å². The van der Waals surface area contributed by atoms with Gasteiger partial charge in [0.25, 0.3) is 0 Å². The van der Waals surface area contributed by atoms with Crippen LogP contribution in [0, 0.1) is 18.6 Å². The Morgan fingerprint density at radius 2 is 1.88 bits per heavy atom. The predicted molar refractivity (Wildman–Crippen MR) is 89.2 cm³/mol. The average molecular weight is 353 g/mol. The fraction of sp³-hybridized carbons (Fsp3) is 0.176. The molecule has 0 aliphatic heterocycles. The first kappa shape index (κ1) is 17.9. The summed E-state index contributed by atoms with van der Waals surface area (Å²) >= 11 is 5.98. The van der Waals surface area contributed by atoms with Crippen molar-refractivity contribution in [3.63, 3.8) is 0 Å². The number of hydrogen-bond acceptors (Lipinski definition) is 2. The van der Waals surface area contributed by atoms with Gasteiger partial charge in [-0.15, -0.1) is 0 Å². The van der Waals surface area contributed by atoms with Crippen LogP contribution in [0.3, 0.4) is 0 Å². The quantitative estimate of drug-likeness (QED) is 0.906. The van der Waals surface area contributed by atoms with Crippen LogP contribution in [0.2, 0.25) is 5.02 Å². The van der Waals surface area contributed by atoms with E-state index in [4.69, 9.17) is 11.6 Å². The molecule has 2 rings (SSSR count). The number of anilines is 2. The van der Waals surface area contributed by atoms with Crippen LogP contribution >= 0.6 is 11.6 Å². The third-order valence-electron chi connectivity index (χ3n) is 3.34. The molecule has 0 saturated heterocycles. The molecule has 1 N–H and O–H groups in total. The Kier molecular flexibility index (Phi) is 5.51. The summed E-state index contributed by atoms with van der Waals surface area (Å²) in [7, 11) is 0. The second kappa shape index (κ2) is 7.40. The second-order valence-electron chi connectivity index (χ2n) is 5.21. The molecule has 0 spiro atoms. The molecular formula is C17H15ClF2N2O2. The molecule has 0 aliphatic rings.